The Bertz CT molecular complexity index is 415. The Morgan fingerprint density at radius 2 is 2.00 bits per heavy atom. The summed E-state index contributed by atoms with van der Waals surface area (Å²) >= 11 is 0. The molecule has 5 heteroatoms. The molecule has 0 atom stereocenters. The fourth-order valence-corrected chi connectivity index (χ4v) is 2.03. The van der Waals surface area contributed by atoms with Crippen LogP contribution in [0.1, 0.15) is 15.9 Å². The number of aromatic hydroxyl groups is 1. The summed E-state index contributed by atoms with van der Waals surface area (Å²) in [5.41, 5.74) is 1.38. The summed E-state index contributed by atoms with van der Waals surface area (Å²) in [6, 6.07) is 3.29. The van der Waals surface area contributed by atoms with Crippen molar-refractivity contribution < 1.29 is 19.7 Å². The molecule has 1 heterocycles. The van der Waals surface area contributed by atoms with Crippen LogP contribution < -0.4 is 4.90 Å². The van der Waals surface area contributed by atoms with Crippen LogP contribution in [-0.4, -0.2) is 42.5 Å². The van der Waals surface area contributed by atoms with E-state index in [1.54, 1.807) is 13.0 Å². The van der Waals surface area contributed by atoms with Gasteiger partial charge < -0.3 is 19.8 Å². The Hall–Kier alpha value is -1.75. The molecule has 17 heavy (non-hydrogen) atoms. The van der Waals surface area contributed by atoms with Gasteiger partial charge in [0.15, 0.2) is 0 Å². The van der Waals surface area contributed by atoms with E-state index < -0.39 is 5.97 Å². The number of ether oxygens (including phenoxy) is 1. The number of carboxylic acid groups (broad SMARTS) is 1. The van der Waals surface area contributed by atoms with Crippen molar-refractivity contribution in [2.75, 3.05) is 31.2 Å². The molecular formula is C12H15NO4. The van der Waals surface area contributed by atoms with Gasteiger partial charge in [0.05, 0.1) is 13.2 Å². The minimum absolute atomic E-state index is 0.0259. The van der Waals surface area contributed by atoms with Gasteiger partial charge in [-0.1, -0.05) is 0 Å². The van der Waals surface area contributed by atoms with E-state index in [1.807, 2.05) is 0 Å². The van der Waals surface area contributed by atoms with Crippen molar-refractivity contribution >= 4 is 11.7 Å². The summed E-state index contributed by atoms with van der Waals surface area (Å²) in [6.07, 6.45) is 0. The minimum Gasteiger partial charge on any atom is -0.507 e. The molecule has 0 bridgehead atoms. The average molecular weight is 237 g/mol. The van der Waals surface area contributed by atoms with E-state index in [1.165, 1.54) is 6.07 Å². The van der Waals surface area contributed by atoms with Crippen molar-refractivity contribution in [2.24, 2.45) is 0 Å². The highest BCUT2D eigenvalue weighted by atomic mass is 16.5. The lowest BCUT2D eigenvalue weighted by molar-refractivity contribution is 0.0693. The van der Waals surface area contributed by atoms with Gasteiger partial charge in [-0.15, -0.1) is 0 Å². The van der Waals surface area contributed by atoms with E-state index >= 15 is 0 Å². The Balaban J connectivity index is 2.34. The van der Waals surface area contributed by atoms with Crippen molar-refractivity contribution in [3.63, 3.8) is 0 Å². The van der Waals surface area contributed by atoms with E-state index in [2.05, 4.69) is 4.90 Å². The molecule has 1 aliphatic heterocycles. The molecular weight excluding hydrogens is 222 g/mol. The molecule has 0 radical (unpaired) electrons. The predicted molar refractivity (Wildman–Crippen MR) is 62.8 cm³/mol. The number of aromatic carboxylic acids is 1. The number of anilines is 1. The molecule has 1 aromatic carbocycles. The molecule has 0 amide bonds. The quantitative estimate of drug-likeness (QED) is 0.809. The molecule has 2 rings (SSSR count). The maximum absolute atomic E-state index is 10.9. The second-order valence-corrected chi connectivity index (χ2v) is 4.06. The van der Waals surface area contributed by atoms with Crippen LogP contribution in [0.25, 0.3) is 0 Å². The van der Waals surface area contributed by atoms with Crippen molar-refractivity contribution in [2.45, 2.75) is 6.92 Å². The van der Waals surface area contributed by atoms with Crippen molar-refractivity contribution in [1.82, 2.24) is 0 Å². The van der Waals surface area contributed by atoms with Gasteiger partial charge >= 0.3 is 5.97 Å². The highest BCUT2D eigenvalue weighted by Crippen LogP contribution is 2.28. The highest BCUT2D eigenvalue weighted by Gasteiger charge is 2.18. The van der Waals surface area contributed by atoms with E-state index in [-0.39, 0.29) is 11.3 Å². The first-order valence-corrected chi connectivity index (χ1v) is 5.49. The SMILES string of the molecule is Cc1cc(N2CCOCC2)cc(O)c1C(=O)O. The molecule has 0 saturated carbocycles. The van der Waals surface area contributed by atoms with E-state index in [4.69, 9.17) is 9.84 Å². The third kappa shape index (κ3) is 2.34. The van der Waals surface area contributed by atoms with Gasteiger partial charge in [-0.05, 0) is 18.6 Å². The summed E-state index contributed by atoms with van der Waals surface area (Å²) in [4.78, 5) is 13.0. The summed E-state index contributed by atoms with van der Waals surface area (Å²) in [5.74, 6) is -1.28. The lowest BCUT2D eigenvalue weighted by atomic mass is 10.1. The summed E-state index contributed by atoms with van der Waals surface area (Å²) in [7, 11) is 0. The molecule has 92 valence electrons. The predicted octanol–water partition coefficient (Wildman–Crippen LogP) is 1.24. The molecule has 0 aromatic heterocycles. The van der Waals surface area contributed by atoms with Crippen LogP contribution in [0.4, 0.5) is 5.69 Å². The third-order valence-corrected chi connectivity index (χ3v) is 2.89. The Labute approximate surface area is 99.2 Å². The number of carbonyl (C=O) groups is 1. The molecule has 0 spiro atoms. The number of morpholine rings is 1. The van der Waals surface area contributed by atoms with Crippen LogP contribution in [-0.2, 0) is 4.74 Å². The van der Waals surface area contributed by atoms with Gasteiger partial charge in [-0.2, -0.15) is 0 Å². The number of carboxylic acids is 1. The van der Waals surface area contributed by atoms with Crippen LogP contribution in [0.2, 0.25) is 0 Å². The number of aryl methyl sites for hydroxylation is 1. The van der Waals surface area contributed by atoms with Gasteiger partial charge in [0.1, 0.15) is 11.3 Å². The van der Waals surface area contributed by atoms with Gasteiger partial charge in [0, 0.05) is 24.8 Å². The second kappa shape index (κ2) is 4.63. The maximum atomic E-state index is 10.9. The number of hydrogen-bond donors (Lipinski definition) is 2. The van der Waals surface area contributed by atoms with E-state index in [9.17, 15) is 9.90 Å². The number of phenols is 1. The zero-order valence-electron chi connectivity index (χ0n) is 9.64. The maximum Gasteiger partial charge on any atom is 0.339 e. The van der Waals surface area contributed by atoms with Crippen molar-refractivity contribution in [1.29, 1.82) is 0 Å². The number of rotatable bonds is 2. The molecule has 2 N–H and O–H groups in total. The molecule has 0 aliphatic carbocycles. The van der Waals surface area contributed by atoms with Crippen LogP contribution >= 0.6 is 0 Å². The minimum atomic E-state index is -1.10. The summed E-state index contributed by atoms with van der Waals surface area (Å²) in [5, 5.41) is 18.7. The lowest BCUT2D eigenvalue weighted by Crippen LogP contribution is -2.36. The summed E-state index contributed by atoms with van der Waals surface area (Å²) < 4.78 is 5.25. The number of hydrogen-bond acceptors (Lipinski definition) is 4. The first-order chi connectivity index (χ1) is 8.09. The van der Waals surface area contributed by atoms with E-state index in [0.29, 0.717) is 18.8 Å². The average Bonchev–Trinajstić information content (AvgIpc) is 2.28. The van der Waals surface area contributed by atoms with Crippen LogP contribution in [0.3, 0.4) is 0 Å². The van der Waals surface area contributed by atoms with Crippen LogP contribution in [0.15, 0.2) is 12.1 Å². The molecule has 1 fully saturated rings. The molecule has 0 unspecified atom stereocenters. The molecule has 1 aromatic rings. The molecule has 1 saturated heterocycles. The van der Waals surface area contributed by atoms with Crippen LogP contribution in [0.5, 0.6) is 5.75 Å². The first-order valence-electron chi connectivity index (χ1n) is 5.49. The standard InChI is InChI=1S/C12H15NO4/c1-8-6-9(13-2-4-17-5-3-13)7-10(14)11(8)12(15)16/h6-7,14H,2-5H2,1H3,(H,15,16). The Morgan fingerprint density at radius 3 is 2.53 bits per heavy atom. The van der Waals surface area contributed by atoms with Crippen LogP contribution in [0, 0.1) is 6.92 Å². The Morgan fingerprint density at radius 1 is 1.35 bits per heavy atom. The van der Waals surface area contributed by atoms with Crippen molar-refractivity contribution in [3.8, 4) is 5.75 Å². The number of nitrogens with zero attached hydrogens (tertiary/aromatic N) is 1. The second-order valence-electron chi connectivity index (χ2n) is 4.06. The smallest absolute Gasteiger partial charge is 0.339 e. The summed E-state index contributed by atoms with van der Waals surface area (Å²) in [6.45, 7) is 4.50. The van der Waals surface area contributed by atoms with Gasteiger partial charge in [0.25, 0.3) is 0 Å². The first kappa shape index (κ1) is 11.7. The third-order valence-electron chi connectivity index (χ3n) is 2.89. The highest BCUT2D eigenvalue weighted by molar-refractivity contribution is 5.93. The zero-order chi connectivity index (χ0) is 12.4. The fourth-order valence-electron chi connectivity index (χ4n) is 2.03. The largest absolute Gasteiger partial charge is 0.507 e. The van der Waals surface area contributed by atoms with Gasteiger partial charge in [0.2, 0.25) is 0 Å². The molecule has 5 nitrogen and oxygen atoms in total. The normalized spacial score (nSPS) is 15.9. The zero-order valence-corrected chi connectivity index (χ0v) is 9.64. The lowest BCUT2D eigenvalue weighted by Gasteiger charge is -2.29. The van der Waals surface area contributed by atoms with Crippen molar-refractivity contribution in [3.05, 3.63) is 23.3 Å². The molecule has 1 aliphatic rings. The fraction of sp³-hybridized carbons (Fsp3) is 0.417. The van der Waals surface area contributed by atoms with Gasteiger partial charge in [-0.3, -0.25) is 0 Å². The topological polar surface area (TPSA) is 70.0 Å². The number of benzene rings is 1. The van der Waals surface area contributed by atoms with E-state index in [0.717, 1.165) is 18.8 Å². The Kier molecular flexibility index (Phi) is 3.19. The monoisotopic (exact) mass is 237 g/mol. The van der Waals surface area contributed by atoms with Gasteiger partial charge in [-0.25, -0.2) is 4.79 Å².